The quantitative estimate of drug-likeness (QED) is 0.687. The van der Waals surface area contributed by atoms with Gasteiger partial charge in [-0.1, -0.05) is 0 Å². The molecule has 1 heterocycles. The van der Waals surface area contributed by atoms with Crippen LogP contribution in [0.4, 0.5) is 0 Å². The lowest BCUT2D eigenvalue weighted by molar-refractivity contribution is 0.0422. The van der Waals surface area contributed by atoms with Crippen LogP contribution in [0.1, 0.15) is 19.3 Å². The summed E-state index contributed by atoms with van der Waals surface area (Å²) < 4.78 is 0. The lowest BCUT2D eigenvalue weighted by Crippen LogP contribution is -2.40. The van der Waals surface area contributed by atoms with Gasteiger partial charge in [-0.2, -0.15) is 11.8 Å². The molecule has 1 unspecified atom stereocenters. The first kappa shape index (κ1) is 8.85. The van der Waals surface area contributed by atoms with Crippen molar-refractivity contribution >= 4 is 11.8 Å². The van der Waals surface area contributed by atoms with Crippen molar-refractivity contribution in [1.82, 2.24) is 5.32 Å². The molecule has 1 saturated heterocycles. The Kier molecular flexibility index (Phi) is 2.94. The van der Waals surface area contributed by atoms with E-state index in [9.17, 15) is 0 Å². The normalized spacial score (nSPS) is 41.2. The van der Waals surface area contributed by atoms with E-state index in [0.29, 0.717) is 0 Å². The zero-order valence-corrected chi connectivity index (χ0v) is 8.15. The topological polar surface area (TPSA) is 32.3 Å². The van der Waals surface area contributed by atoms with Crippen LogP contribution in [0.15, 0.2) is 0 Å². The van der Waals surface area contributed by atoms with Gasteiger partial charge in [0, 0.05) is 11.8 Å². The Bertz CT molecular complexity index is 141. The molecular weight excluding hydrogens is 170 g/mol. The summed E-state index contributed by atoms with van der Waals surface area (Å²) in [5.41, 5.74) is 0. The predicted octanol–water partition coefficient (Wildman–Crippen LogP) is 0.852. The zero-order valence-electron chi connectivity index (χ0n) is 7.33. The van der Waals surface area contributed by atoms with Crippen LogP contribution in [0.5, 0.6) is 0 Å². The van der Waals surface area contributed by atoms with Crippen LogP contribution in [0.2, 0.25) is 0 Å². The maximum absolute atomic E-state index is 9.08. The first-order valence-electron chi connectivity index (χ1n) is 4.84. The monoisotopic (exact) mass is 187 g/mol. The highest BCUT2D eigenvalue weighted by atomic mass is 32.2. The Balaban J connectivity index is 1.56. The van der Waals surface area contributed by atoms with Crippen molar-refractivity contribution in [2.75, 3.05) is 18.1 Å². The minimum absolute atomic E-state index is 0.00903. The number of thioether (sulfide) groups is 1. The molecule has 1 atom stereocenters. The van der Waals surface area contributed by atoms with Crippen LogP contribution >= 0.6 is 11.8 Å². The molecule has 1 aliphatic heterocycles. The molecule has 0 amide bonds. The molecule has 0 aromatic heterocycles. The highest BCUT2D eigenvalue weighted by Crippen LogP contribution is 2.27. The third-order valence-corrected chi connectivity index (χ3v) is 4.00. The summed E-state index contributed by atoms with van der Waals surface area (Å²) in [6, 6.07) is 0.757. The molecule has 2 rings (SSSR count). The lowest BCUT2D eigenvalue weighted by Gasteiger charge is -2.32. The molecule has 0 bridgehead atoms. The van der Waals surface area contributed by atoms with Crippen molar-refractivity contribution in [3.63, 3.8) is 0 Å². The van der Waals surface area contributed by atoms with Gasteiger partial charge in [-0.05, 0) is 37.5 Å². The van der Waals surface area contributed by atoms with E-state index in [1.807, 2.05) is 11.8 Å². The highest BCUT2D eigenvalue weighted by molar-refractivity contribution is 7.99. The first-order valence-corrected chi connectivity index (χ1v) is 5.99. The molecule has 2 aliphatic rings. The number of aliphatic hydroxyl groups is 1. The minimum Gasteiger partial charge on any atom is -0.393 e. The molecule has 0 spiro atoms. The fourth-order valence-electron chi connectivity index (χ4n) is 1.90. The van der Waals surface area contributed by atoms with Gasteiger partial charge in [-0.3, -0.25) is 0 Å². The van der Waals surface area contributed by atoms with Gasteiger partial charge in [0.05, 0.1) is 6.10 Å². The summed E-state index contributed by atoms with van der Waals surface area (Å²) in [6.45, 7) is 1.13. The molecule has 12 heavy (non-hydrogen) atoms. The van der Waals surface area contributed by atoms with Crippen LogP contribution in [0, 0.1) is 5.92 Å². The fraction of sp³-hybridized carbons (Fsp3) is 1.00. The molecule has 2 nitrogen and oxygen atoms in total. The summed E-state index contributed by atoms with van der Waals surface area (Å²) in [5.74, 6) is 3.37. The Labute approximate surface area is 78.1 Å². The summed E-state index contributed by atoms with van der Waals surface area (Å²) >= 11 is 2.05. The van der Waals surface area contributed by atoms with Crippen LogP contribution in [-0.4, -0.2) is 35.3 Å². The first-order chi connectivity index (χ1) is 5.84. The molecule has 2 N–H and O–H groups in total. The van der Waals surface area contributed by atoms with Crippen LogP contribution in [0.25, 0.3) is 0 Å². The zero-order chi connectivity index (χ0) is 8.39. The predicted molar refractivity (Wildman–Crippen MR) is 52.5 cm³/mol. The highest BCUT2D eigenvalue weighted by Gasteiger charge is 2.27. The summed E-state index contributed by atoms with van der Waals surface area (Å²) in [5, 5.41) is 12.7. The molecule has 1 aliphatic carbocycles. The number of aliphatic hydroxyl groups excluding tert-OH is 1. The van der Waals surface area contributed by atoms with Gasteiger partial charge >= 0.3 is 0 Å². The summed E-state index contributed by atoms with van der Waals surface area (Å²) in [4.78, 5) is 0. The maximum Gasteiger partial charge on any atom is 0.0546 e. The number of hydrogen-bond acceptors (Lipinski definition) is 3. The van der Waals surface area contributed by atoms with Crippen LogP contribution in [-0.2, 0) is 0 Å². The van der Waals surface area contributed by atoms with Crippen LogP contribution < -0.4 is 5.32 Å². The van der Waals surface area contributed by atoms with Gasteiger partial charge in [0.1, 0.15) is 0 Å². The smallest absolute Gasteiger partial charge is 0.0546 e. The molecular formula is C9H17NOS. The van der Waals surface area contributed by atoms with Gasteiger partial charge < -0.3 is 10.4 Å². The largest absolute Gasteiger partial charge is 0.393 e. The third-order valence-electron chi connectivity index (χ3n) is 2.84. The second kappa shape index (κ2) is 3.99. The van der Waals surface area contributed by atoms with E-state index in [1.165, 1.54) is 17.9 Å². The number of nitrogens with one attached hydrogen (secondary N) is 1. The number of rotatable bonds is 3. The van der Waals surface area contributed by atoms with E-state index in [1.54, 1.807) is 0 Å². The van der Waals surface area contributed by atoms with Crippen molar-refractivity contribution in [2.45, 2.75) is 31.4 Å². The minimum atomic E-state index is 0.00903. The van der Waals surface area contributed by atoms with Crippen molar-refractivity contribution < 1.29 is 5.11 Å². The van der Waals surface area contributed by atoms with Gasteiger partial charge in [0.2, 0.25) is 0 Å². The third kappa shape index (κ3) is 2.15. The summed E-state index contributed by atoms with van der Waals surface area (Å²) in [6.07, 6.45) is 3.38. The average molecular weight is 187 g/mol. The molecule has 3 heteroatoms. The number of hydrogen-bond donors (Lipinski definition) is 2. The van der Waals surface area contributed by atoms with E-state index >= 15 is 0 Å². The van der Waals surface area contributed by atoms with E-state index in [4.69, 9.17) is 5.11 Å². The molecule has 1 saturated carbocycles. The van der Waals surface area contributed by atoms with Crippen molar-refractivity contribution in [3.05, 3.63) is 0 Å². The fourth-order valence-corrected chi connectivity index (χ4v) is 3.08. The van der Waals surface area contributed by atoms with Gasteiger partial charge in [-0.25, -0.2) is 0 Å². The van der Waals surface area contributed by atoms with E-state index in [0.717, 1.165) is 31.3 Å². The standard InChI is InChI=1S/C9H17NOS/c11-9-3-7(4-9)5-10-8-1-2-12-6-8/h7-11H,1-6H2. The Morgan fingerprint density at radius 3 is 2.83 bits per heavy atom. The Morgan fingerprint density at radius 2 is 2.25 bits per heavy atom. The van der Waals surface area contributed by atoms with E-state index < -0.39 is 0 Å². The average Bonchev–Trinajstić information content (AvgIpc) is 2.47. The van der Waals surface area contributed by atoms with E-state index in [-0.39, 0.29) is 6.10 Å². The maximum atomic E-state index is 9.08. The molecule has 0 radical (unpaired) electrons. The van der Waals surface area contributed by atoms with Gasteiger partial charge in [-0.15, -0.1) is 0 Å². The Morgan fingerprint density at radius 1 is 1.42 bits per heavy atom. The van der Waals surface area contributed by atoms with Gasteiger partial charge in [0.15, 0.2) is 0 Å². The lowest BCUT2D eigenvalue weighted by atomic mass is 9.82. The van der Waals surface area contributed by atoms with Crippen LogP contribution in [0.3, 0.4) is 0 Å². The Hall–Kier alpha value is 0.270. The second-order valence-corrected chi connectivity index (χ2v) is 5.11. The van der Waals surface area contributed by atoms with Gasteiger partial charge in [0.25, 0.3) is 0 Å². The van der Waals surface area contributed by atoms with Crippen molar-refractivity contribution in [3.8, 4) is 0 Å². The second-order valence-electron chi connectivity index (χ2n) is 3.96. The summed E-state index contributed by atoms with van der Waals surface area (Å²) in [7, 11) is 0. The molecule has 0 aromatic carbocycles. The SMILES string of the molecule is OC1CC(CNC2CCSC2)C1. The molecule has 0 aromatic rings. The molecule has 2 fully saturated rings. The van der Waals surface area contributed by atoms with Crippen molar-refractivity contribution in [2.24, 2.45) is 5.92 Å². The van der Waals surface area contributed by atoms with E-state index in [2.05, 4.69) is 5.32 Å². The van der Waals surface area contributed by atoms with Crippen molar-refractivity contribution in [1.29, 1.82) is 0 Å². The molecule has 70 valence electrons.